The normalized spacial score (nSPS) is 10.8. The van der Waals surface area contributed by atoms with Gasteiger partial charge in [0, 0.05) is 19.6 Å². The van der Waals surface area contributed by atoms with E-state index in [9.17, 15) is 0 Å². The molecule has 0 saturated carbocycles. The van der Waals surface area contributed by atoms with Gasteiger partial charge in [0.15, 0.2) is 5.75 Å². The Morgan fingerprint density at radius 3 is 2.69 bits per heavy atom. The molecule has 1 aromatic rings. The lowest BCUT2D eigenvalue weighted by Crippen LogP contribution is -2.11. The summed E-state index contributed by atoms with van der Waals surface area (Å²) in [4.78, 5) is 8.60. The van der Waals surface area contributed by atoms with E-state index in [1.54, 1.807) is 13.3 Å². The van der Waals surface area contributed by atoms with Gasteiger partial charge in [-0.1, -0.05) is 13.8 Å². The SMILES string of the molecule is COCCOc1cnc(C(C)C)nc1CN. The molecule has 0 unspecified atom stereocenters. The quantitative estimate of drug-likeness (QED) is 0.734. The molecule has 0 bridgehead atoms. The third-order valence-corrected chi connectivity index (χ3v) is 2.10. The molecule has 1 rings (SSSR count). The van der Waals surface area contributed by atoms with Crippen molar-refractivity contribution in [2.75, 3.05) is 20.3 Å². The van der Waals surface area contributed by atoms with Crippen LogP contribution < -0.4 is 10.5 Å². The van der Waals surface area contributed by atoms with E-state index < -0.39 is 0 Å². The first kappa shape index (κ1) is 12.9. The molecular formula is C11H19N3O2. The van der Waals surface area contributed by atoms with E-state index in [0.29, 0.717) is 31.4 Å². The van der Waals surface area contributed by atoms with E-state index in [4.69, 9.17) is 15.2 Å². The maximum absolute atomic E-state index is 5.62. The fourth-order valence-electron chi connectivity index (χ4n) is 1.20. The highest BCUT2D eigenvalue weighted by Gasteiger charge is 2.09. The van der Waals surface area contributed by atoms with Crippen LogP contribution in [-0.4, -0.2) is 30.3 Å². The van der Waals surface area contributed by atoms with Crippen molar-refractivity contribution in [1.82, 2.24) is 9.97 Å². The lowest BCUT2D eigenvalue weighted by atomic mass is 10.2. The van der Waals surface area contributed by atoms with Gasteiger partial charge in [-0.2, -0.15) is 0 Å². The van der Waals surface area contributed by atoms with E-state index in [2.05, 4.69) is 9.97 Å². The average molecular weight is 225 g/mol. The number of rotatable bonds is 6. The smallest absolute Gasteiger partial charge is 0.160 e. The molecule has 1 aromatic heterocycles. The third-order valence-electron chi connectivity index (χ3n) is 2.10. The predicted molar refractivity (Wildman–Crippen MR) is 61.4 cm³/mol. The summed E-state index contributed by atoms with van der Waals surface area (Å²) in [5, 5.41) is 0. The standard InChI is InChI=1S/C11H19N3O2/c1-8(2)11-13-7-10(9(6-12)14-11)16-5-4-15-3/h7-8H,4-6,12H2,1-3H3. The molecule has 0 fully saturated rings. The zero-order valence-corrected chi connectivity index (χ0v) is 10.1. The summed E-state index contributed by atoms with van der Waals surface area (Å²) >= 11 is 0. The molecule has 0 aliphatic rings. The summed E-state index contributed by atoms with van der Waals surface area (Å²) in [7, 11) is 1.63. The summed E-state index contributed by atoms with van der Waals surface area (Å²) in [5.74, 6) is 1.72. The van der Waals surface area contributed by atoms with E-state index in [0.717, 1.165) is 11.5 Å². The Morgan fingerprint density at radius 2 is 2.12 bits per heavy atom. The summed E-state index contributed by atoms with van der Waals surface area (Å²) in [6, 6.07) is 0. The molecule has 0 aromatic carbocycles. The van der Waals surface area contributed by atoms with Crippen LogP contribution in [0.25, 0.3) is 0 Å². The van der Waals surface area contributed by atoms with Crippen molar-refractivity contribution in [3.05, 3.63) is 17.7 Å². The van der Waals surface area contributed by atoms with Crippen LogP contribution in [0.2, 0.25) is 0 Å². The Bertz CT molecular complexity index is 329. The molecule has 0 saturated heterocycles. The van der Waals surface area contributed by atoms with E-state index in [1.807, 2.05) is 13.8 Å². The lowest BCUT2D eigenvalue weighted by Gasteiger charge is -2.11. The van der Waals surface area contributed by atoms with E-state index in [1.165, 1.54) is 0 Å². The number of hydrogen-bond donors (Lipinski definition) is 1. The number of aromatic nitrogens is 2. The van der Waals surface area contributed by atoms with Crippen molar-refractivity contribution in [3.8, 4) is 5.75 Å². The van der Waals surface area contributed by atoms with Gasteiger partial charge in [0.2, 0.25) is 0 Å². The van der Waals surface area contributed by atoms with Crippen molar-refractivity contribution in [3.63, 3.8) is 0 Å². The highest BCUT2D eigenvalue weighted by molar-refractivity contribution is 5.25. The van der Waals surface area contributed by atoms with Gasteiger partial charge in [-0.25, -0.2) is 9.97 Å². The lowest BCUT2D eigenvalue weighted by molar-refractivity contribution is 0.145. The summed E-state index contributed by atoms with van der Waals surface area (Å²) in [6.07, 6.45) is 1.68. The van der Waals surface area contributed by atoms with Crippen LogP contribution in [0.5, 0.6) is 5.75 Å². The van der Waals surface area contributed by atoms with Crippen LogP contribution in [0.1, 0.15) is 31.3 Å². The van der Waals surface area contributed by atoms with Crippen molar-refractivity contribution < 1.29 is 9.47 Å². The number of ether oxygens (including phenoxy) is 2. The second-order valence-electron chi connectivity index (χ2n) is 3.74. The first-order valence-electron chi connectivity index (χ1n) is 5.36. The van der Waals surface area contributed by atoms with Crippen LogP contribution in [0, 0.1) is 0 Å². The van der Waals surface area contributed by atoms with Gasteiger partial charge in [-0.3, -0.25) is 0 Å². The Morgan fingerprint density at radius 1 is 1.38 bits per heavy atom. The fraction of sp³-hybridized carbons (Fsp3) is 0.636. The Hall–Kier alpha value is -1.20. The average Bonchev–Trinajstić information content (AvgIpc) is 2.29. The van der Waals surface area contributed by atoms with Crippen molar-refractivity contribution in [2.45, 2.75) is 26.3 Å². The number of hydrogen-bond acceptors (Lipinski definition) is 5. The second kappa shape index (κ2) is 6.40. The minimum Gasteiger partial charge on any atom is -0.488 e. The third kappa shape index (κ3) is 3.43. The highest BCUT2D eigenvalue weighted by atomic mass is 16.5. The van der Waals surface area contributed by atoms with Gasteiger partial charge in [0.05, 0.1) is 18.5 Å². The van der Waals surface area contributed by atoms with Crippen molar-refractivity contribution in [1.29, 1.82) is 0 Å². The van der Waals surface area contributed by atoms with E-state index in [-0.39, 0.29) is 0 Å². The molecule has 0 aliphatic heterocycles. The minimum absolute atomic E-state index is 0.290. The van der Waals surface area contributed by atoms with Crippen molar-refractivity contribution in [2.24, 2.45) is 5.73 Å². The largest absolute Gasteiger partial charge is 0.488 e. The summed E-state index contributed by atoms with van der Waals surface area (Å²) in [5.41, 5.74) is 6.37. The first-order chi connectivity index (χ1) is 7.69. The Kier molecular flexibility index (Phi) is 5.14. The Labute approximate surface area is 96.0 Å². The summed E-state index contributed by atoms with van der Waals surface area (Å²) in [6.45, 7) is 5.45. The highest BCUT2D eigenvalue weighted by Crippen LogP contribution is 2.17. The van der Waals surface area contributed by atoms with Crippen LogP contribution in [0.3, 0.4) is 0 Å². The van der Waals surface area contributed by atoms with Gasteiger partial charge >= 0.3 is 0 Å². The van der Waals surface area contributed by atoms with Gasteiger partial charge < -0.3 is 15.2 Å². The molecule has 5 nitrogen and oxygen atoms in total. The zero-order valence-electron chi connectivity index (χ0n) is 10.1. The zero-order chi connectivity index (χ0) is 12.0. The van der Waals surface area contributed by atoms with E-state index >= 15 is 0 Å². The Balaban J connectivity index is 2.76. The molecule has 0 atom stereocenters. The molecule has 0 spiro atoms. The van der Waals surface area contributed by atoms with Crippen LogP contribution in [0.15, 0.2) is 6.20 Å². The van der Waals surface area contributed by atoms with Crippen LogP contribution >= 0.6 is 0 Å². The number of nitrogens with zero attached hydrogens (tertiary/aromatic N) is 2. The maximum Gasteiger partial charge on any atom is 0.160 e. The van der Waals surface area contributed by atoms with Gasteiger partial charge in [0.25, 0.3) is 0 Å². The molecule has 1 heterocycles. The summed E-state index contributed by atoms with van der Waals surface area (Å²) < 4.78 is 10.4. The van der Waals surface area contributed by atoms with Gasteiger partial charge in [-0.15, -0.1) is 0 Å². The first-order valence-corrected chi connectivity index (χ1v) is 5.36. The van der Waals surface area contributed by atoms with Gasteiger partial charge in [0.1, 0.15) is 12.4 Å². The monoisotopic (exact) mass is 225 g/mol. The molecule has 0 radical (unpaired) electrons. The molecule has 2 N–H and O–H groups in total. The molecule has 16 heavy (non-hydrogen) atoms. The minimum atomic E-state index is 0.290. The molecule has 90 valence electrons. The molecule has 5 heteroatoms. The maximum atomic E-state index is 5.62. The molecule has 0 aliphatic carbocycles. The topological polar surface area (TPSA) is 70.3 Å². The second-order valence-corrected chi connectivity index (χ2v) is 3.74. The number of methoxy groups -OCH3 is 1. The predicted octanol–water partition coefficient (Wildman–Crippen LogP) is 1.08. The molecule has 0 amide bonds. The van der Waals surface area contributed by atoms with Crippen LogP contribution in [-0.2, 0) is 11.3 Å². The molecular weight excluding hydrogens is 206 g/mol. The van der Waals surface area contributed by atoms with Crippen molar-refractivity contribution >= 4 is 0 Å². The fourth-order valence-corrected chi connectivity index (χ4v) is 1.20. The van der Waals surface area contributed by atoms with Gasteiger partial charge in [-0.05, 0) is 0 Å². The number of nitrogens with two attached hydrogens (primary N) is 1. The van der Waals surface area contributed by atoms with Crippen LogP contribution in [0.4, 0.5) is 0 Å².